The van der Waals surface area contributed by atoms with Gasteiger partial charge in [0.2, 0.25) is 11.8 Å². The van der Waals surface area contributed by atoms with E-state index in [2.05, 4.69) is 48.6 Å². The highest BCUT2D eigenvalue weighted by molar-refractivity contribution is 5.87. The molecule has 0 radical (unpaired) electrons. The highest BCUT2D eigenvalue weighted by atomic mass is 16.2. The van der Waals surface area contributed by atoms with E-state index in [9.17, 15) is 9.59 Å². The predicted molar refractivity (Wildman–Crippen MR) is 139 cm³/mol. The first-order valence-corrected chi connectivity index (χ1v) is 12.3. The Morgan fingerprint density at radius 1 is 0.824 bits per heavy atom. The normalized spacial score (nSPS) is 11.7. The van der Waals surface area contributed by atoms with E-state index in [1.54, 1.807) is 4.90 Å². The van der Waals surface area contributed by atoms with Crippen LogP contribution in [-0.2, 0) is 16.0 Å². The lowest BCUT2D eigenvalue weighted by atomic mass is 9.88. The van der Waals surface area contributed by atoms with Gasteiger partial charge in [-0.1, -0.05) is 104 Å². The van der Waals surface area contributed by atoms with Crippen molar-refractivity contribution in [3.8, 4) is 0 Å². The van der Waals surface area contributed by atoms with Crippen LogP contribution in [0.5, 0.6) is 0 Å². The molecule has 0 saturated heterocycles. The zero-order valence-electron chi connectivity index (χ0n) is 20.3. The monoisotopic (exact) mass is 456 g/mol. The average molecular weight is 457 g/mol. The lowest BCUT2D eigenvalue weighted by Crippen LogP contribution is -2.49. The molecule has 0 spiro atoms. The third-order valence-corrected chi connectivity index (χ3v) is 6.26. The van der Waals surface area contributed by atoms with E-state index >= 15 is 0 Å². The molecule has 3 rings (SSSR count). The number of carbonyl (C=O) groups is 2. The summed E-state index contributed by atoms with van der Waals surface area (Å²) >= 11 is 0. The number of carbonyl (C=O) groups excluding carboxylic acids is 2. The van der Waals surface area contributed by atoms with Crippen molar-refractivity contribution in [3.05, 3.63) is 108 Å². The van der Waals surface area contributed by atoms with Crippen molar-refractivity contribution in [2.75, 3.05) is 13.1 Å². The zero-order valence-corrected chi connectivity index (χ0v) is 20.3. The van der Waals surface area contributed by atoms with Crippen LogP contribution in [-0.4, -0.2) is 35.8 Å². The summed E-state index contributed by atoms with van der Waals surface area (Å²) in [4.78, 5) is 28.4. The molecule has 0 aliphatic carbocycles. The smallest absolute Gasteiger partial charge is 0.242 e. The molecule has 3 aromatic carbocycles. The number of hydrogen-bond acceptors (Lipinski definition) is 2. The number of nitrogens with one attached hydrogen (secondary N) is 1. The Balaban J connectivity index is 1.82. The second kappa shape index (κ2) is 13.3. The minimum atomic E-state index is -0.528. The molecular weight excluding hydrogens is 420 g/mol. The summed E-state index contributed by atoms with van der Waals surface area (Å²) in [6.45, 7) is 5.07. The molecule has 0 heterocycles. The standard InChI is InChI=1S/C30H36N2O2/c1-3-4-21-31-30(34)24(2)32(22-20-25-14-8-5-9-15-25)29(33)23-28(26-16-10-6-11-17-26)27-18-12-7-13-19-27/h5-19,24,28H,3-4,20-23H2,1-2H3,(H,31,34)/t24-/m1/s1. The van der Waals surface area contributed by atoms with Crippen LogP contribution in [0.2, 0.25) is 0 Å². The van der Waals surface area contributed by atoms with Gasteiger partial charge in [-0.05, 0) is 36.5 Å². The molecule has 0 aliphatic rings. The number of benzene rings is 3. The number of amides is 2. The first-order valence-electron chi connectivity index (χ1n) is 12.3. The molecule has 1 atom stereocenters. The van der Waals surface area contributed by atoms with Gasteiger partial charge in [0, 0.05) is 25.4 Å². The molecule has 0 bridgehead atoms. The fraction of sp³-hybridized carbons (Fsp3) is 0.333. The van der Waals surface area contributed by atoms with Gasteiger partial charge in [-0.15, -0.1) is 0 Å². The van der Waals surface area contributed by atoms with E-state index in [1.807, 2.05) is 61.5 Å². The molecule has 0 fully saturated rings. The minimum Gasteiger partial charge on any atom is -0.354 e. The quantitative estimate of drug-likeness (QED) is 0.362. The second-order valence-corrected chi connectivity index (χ2v) is 8.72. The van der Waals surface area contributed by atoms with Crippen molar-refractivity contribution in [3.63, 3.8) is 0 Å². The molecule has 178 valence electrons. The maximum Gasteiger partial charge on any atom is 0.242 e. The summed E-state index contributed by atoms with van der Waals surface area (Å²) in [7, 11) is 0. The van der Waals surface area contributed by atoms with Crippen LogP contribution in [0, 0.1) is 0 Å². The summed E-state index contributed by atoms with van der Waals surface area (Å²) in [6.07, 6.45) is 2.97. The van der Waals surface area contributed by atoms with Gasteiger partial charge in [-0.2, -0.15) is 0 Å². The van der Waals surface area contributed by atoms with E-state index in [4.69, 9.17) is 0 Å². The van der Waals surface area contributed by atoms with Gasteiger partial charge in [-0.3, -0.25) is 9.59 Å². The summed E-state index contributed by atoms with van der Waals surface area (Å²) in [6, 6.07) is 29.9. The Morgan fingerprint density at radius 2 is 1.35 bits per heavy atom. The summed E-state index contributed by atoms with van der Waals surface area (Å²) in [5, 5.41) is 3.00. The van der Waals surface area contributed by atoms with Gasteiger partial charge in [-0.25, -0.2) is 0 Å². The van der Waals surface area contributed by atoms with Gasteiger partial charge in [0.05, 0.1) is 0 Å². The first kappa shape index (κ1) is 25.2. The zero-order chi connectivity index (χ0) is 24.2. The van der Waals surface area contributed by atoms with Crippen molar-refractivity contribution in [1.82, 2.24) is 10.2 Å². The average Bonchev–Trinajstić information content (AvgIpc) is 2.89. The SMILES string of the molecule is CCCCNC(=O)[C@@H](C)N(CCc1ccccc1)C(=O)CC(c1ccccc1)c1ccccc1. The van der Waals surface area contributed by atoms with Crippen LogP contribution >= 0.6 is 0 Å². The van der Waals surface area contributed by atoms with Gasteiger partial charge >= 0.3 is 0 Å². The Morgan fingerprint density at radius 3 is 1.88 bits per heavy atom. The predicted octanol–water partition coefficient (Wildman–Crippen LogP) is 5.58. The maximum atomic E-state index is 13.7. The van der Waals surface area contributed by atoms with Crippen LogP contribution in [0.4, 0.5) is 0 Å². The largest absolute Gasteiger partial charge is 0.354 e. The third-order valence-electron chi connectivity index (χ3n) is 6.26. The van der Waals surface area contributed by atoms with Crippen molar-refractivity contribution >= 4 is 11.8 Å². The molecule has 3 aromatic rings. The van der Waals surface area contributed by atoms with Crippen molar-refractivity contribution < 1.29 is 9.59 Å². The molecular formula is C30H36N2O2. The molecule has 0 unspecified atom stereocenters. The first-order chi connectivity index (χ1) is 16.6. The van der Waals surface area contributed by atoms with E-state index in [-0.39, 0.29) is 17.7 Å². The number of rotatable bonds is 12. The van der Waals surface area contributed by atoms with E-state index < -0.39 is 6.04 Å². The van der Waals surface area contributed by atoms with E-state index in [0.717, 1.165) is 29.5 Å². The Bertz CT molecular complexity index is 966. The Hall–Kier alpha value is -3.40. The summed E-state index contributed by atoms with van der Waals surface area (Å²) in [5.41, 5.74) is 3.36. The molecule has 4 nitrogen and oxygen atoms in total. The number of nitrogens with zero attached hydrogens (tertiary/aromatic N) is 1. The lowest BCUT2D eigenvalue weighted by molar-refractivity contribution is -0.140. The van der Waals surface area contributed by atoms with Crippen LogP contribution in [0.3, 0.4) is 0 Å². The molecule has 0 saturated carbocycles. The summed E-state index contributed by atoms with van der Waals surface area (Å²) < 4.78 is 0. The minimum absolute atomic E-state index is 0.00761. The molecule has 0 aliphatic heterocycles. The Labute approximate surface area is 204 Å². The second-order valence-electron chi connectivity index (χ2n) is 8.72. The van der Waals surface area contributed by atoms with Crippen molar-refractivity contribution in [2.45, 2.75) is 51.5 Å². The molecule has 1 N–H and O–H groups in total. The van der Waals surface area contributed by atoms with Gasteiger partial charge in [0.15, 0.2) is 0 Å². The highest BCUT2D eigenvalue weighted by Gasteiger charge is 2.28. The fourth-order valence-electron chi connectivity index (χ4n) is 4.20. The van der Waals surface area contributed by atoms with Crippen molar-refractivity contribution in [2.24, 2.45) is 0 Å². The van der Waals surface area contributed by atoms with E-state index in [0.29, 0.717) is 25.9 Å². The van der Waals surface area contributed by atoms with Gasteiger partial charge in [0.1, 0.15) is 6.04 Å². The molecule has 0 aromatic heterocycles. The summed E-state index contributed by atoms with van der Waals surface area (Å²) in [5.74, 6) is -0.165. The molecule has 34 heavy (non-hydrogen) atoms. The number of unbranched alkanes of at least 4 members (excludes halogenated alkanes) is 1. The van der Waals surface area contributed by atoms with Crippen molar-refractivity contribution in [1.29, 1.82) is 0 Å². The van der Waals surface area contributed by atoms with Gasteiger partial charge < -0.3 is 10.2 Å². The topological polar surface area (TPSA) is 49.4 Å². The maximum absolute atomic E-state index is 13.7. The van der Waals surface area contributed by atoms with Gasteiger partial charge in [0.25, 0.3) is 0 Å². The van der Waals surface area contributed by atoms with Crippen LogP contribution in [0.1, 0.15) is 55.7 Å². The van der Waals surface area contributed by atoms with Crippen LogP contribution in [0.15, 0.2) is 91.0 Å². The third kappa shape index (κ3) is 7.31. The lowest BCUT2D eigenvalue weighted by Gasteiger charge is -2.30. The Kier molecular flexibility index (Phi) is 9.90. The number of hydrogen-bond donors (Lipinski definition) is 1. The fourth-order valence-corrected chi connectivity index (χ4v) is 4.20. The van der Waals surface area contributed by atoms with Crippen LogP contribution < -0.4 is 5.32 Å². The van der Waals surface area contributed by atoms with Crippen LogP contribution in [0.25, 0.3) is 0 Å². The highest BCUT2D eigenvalue weighted by Crippen LogP contribution is 2.29. The molecule has 4 heteroatoms. The van der Waals surface area contributed by atoms with E-state index in [1.165, 1.54) is 0 Å². The molecule has 2 amide bonds.